The molecule has 0 spiro atoms. The Bertz CT molecular complexity index is 323. The van der Waals surface area contributed by atoms with Crippen molar-refractivity contribution in [3.8, 4) is 10.8 Å². The first-order valence-electron chi connectivity index (χ1n) is 3.76. The van der Waals surface area contributed by atoms with E-state index < -0.39 is 6.10 Å². The Morgan fingerprint density at radius 3 is 2.54 bits per heavy atom. The molecule has 1 atom stereocenters. The van der Waals surface area contributed by atoms with Gasteiger partial charge in [0.25, 0.3) is 0 Å². The molecule has 0 radical (unpaired) electrons. The molecule has 0 fully saturated rings. The van der Waals surface area contributed by atoms with Crippen molar-refractivity contribution in [2.24, 2.45) is 0 Å². The lowest BCUT2D eigenvalue weighted by Crippen LogP contribution is -1.95. The monoisotopic (exact) mass is 242 g/mol. The normalized spacial score (nSPS) is 11.6. The second-order valence-corrected chi connectivity index (χ2v) is 2.94. The third kappa shape index (κ3) is 3.17. The minimum absolute atomic E-state index is 0.303. The highest BCUT2D eigenvalue weighted by Gasteiger charge is 2.04. The number of benzene rings is 1. The van der Waals surface area contributed by atoms with Crippen molar-refractivity contribution < 1.29 is 9.50 Å². The SMILES string of the molecule is OC(CC#CBr)c1ccc(F)cc1. The molecular weight excluding hydrogens is 235 g/mol. The number of hydrogen-bond donors (Lipinski definition) is 1. The molecule has 1 rings (SSSR count). The van der Waals surface area contributed by atoms with E-state index in [9.17, 15) is 9.50 Å². The number of hydrogen-bond acceptors (Lipinski definition) is 1. The zero-order valence-corrected chi connectivity index (χ0v) is 8.38. The summed E-state index contributed by atoms with van der Waals surface area (Å²) in [6, 6.07) is 5.74. The van der Waals surface area contributed by atoms with E-state index in [2.05, 4.69) is 26.7 Å². The van der Waals surface area contributed by atoms with E-state index in [0.29, 0.717) is 12.0 Å². The van der Waals surface area contributed by atoms with Crippen LogP contribution in [-0.4, -0.2) is 5.11 Å². The Morgan fingerprint density at radius 2 is 2.00 bits per heavy atom. The predicted octanol–water partition coefficient (Wildman–Crippen LogP) is 2.61. The lowest BCUT2D eigenvalue weighted by molar-refractivity contribution is 0.184. The fraction of sp³-hybridized carbons (Fsp3) is 0.200. The van der Waals surface area contributed by atoms with Crippen molar-refractivity contribution in [3.63, 3.8) is 0 Å². The molecule has 1 aromatic rings. The molecular formula is C10H8BrFO. The van der Waals surface area contributed by atoms with E-state index in [-0.39, 0.29) is 5.82 Å². The zero-order chi connectivity index (χ0) is 9.68. The number of rotatable bonds is 2. The van der Waals surface area contributed by atoms with E-state index in [1.807, 2.05) is 0 Å². The minimum Gasteiger partial charge on any atom is -0.387 e. The van der Waals surface area contributed by atoms with Crippen LogP contribution in [0.2, 0.25) is 0 Å². The molecule has 0 aromatic heterocycles. The summed E-state index contributed by atoms with van der Waals surface area (Å²) in [5, 5.41) is 9.50. The van der Waals surface area contributed by atoms with E-state index in [0.717, 1.165) is 0 Å². The van der Waals surface area contributed by atoms with Gasteiger partial charge >= 0.3 is 0 Å². The molecule has 0 amide bonds. The zero-order valence-electron chi connectivity index (χ0n) is 6.80. The predicted molar refractivity (Wildman–Crippen MR) is 52.7 cm³/mol. The van der Waals surface area contributed by atoms with Crippen molar-refractivity contribution in [1.82, 2.24) is 0 Å². The van der Waals surface area contributed by atoms with E-state index >= 15 is 0 Å². The van der Waals surface area contributed by atoms with Gasteiger partial charge in [0.05, 0.1) is 6.10 Å². The summed E-state index contributed by atoms with van der Waals surface area (Å²) in [4.78, 5) is 2.51. The largest absolute Gasteiger partial charge is 0.387 e. The van der Waals surface area contributed by atoms with Crippen LogP contribution in [-0.2, 0) is 0 Å². The lowest BCUT2D eigenvalue weighted by atomic mass is 10.1. The standard InChI is InChI=1S/C10H8BrFO/c11-7-1-2-10(13)8-3-5-9(12)6-4-8/h3-6,10,13H,2H2. The van der Waals surface area contributed by atoms with Gasteiger partial charge in [0.1, 0.15) is 5.82 Å². The third-order valence-electron chi connectivity index (χ3n) is 1.62. The van der Waals surface area contributed by atoms with E-state index in [1.54, 1.807) is 12.1 Å². The van der Waals surface area contributed by atoms with Gasteiger partial charge in [0.15, 0.2) is 0 Å². The molecule has 1 N–H and O–H groups in total. The van der Waals surface area contributed by atoms with Gasteiger partial charge in [-0.05, 0) is 22.5 Å². The Kier molecular flexibility index (Phi) is 3.94. The summed E-state index contributed by atoms with van der Waals surface area (Å²) >= 11 is 2.93. The highest BCUT2D eigenvalue weighted by atomic mass is 79.9. The summed E-state index contributed by atoms with van der Waals surface area (Å²) in [5.41, 5.74) is 0.677. The van der Waals surface area contributed by atoms with Crippen LogP contribution in [0.15, 0.2) is 24.3 Å². The number of aliphatic hydroxyl groups is 1. The van der Waals surface area contributed by atoms with Gasteiger partial charge in [-0.25, -0.2) is 4.39 Å². The van der Waals surface area contributed by atoms with Gasteiger partial charge < -0.3 is 5.11 Å². The maximum Gasteiger partial charge on any atom is 0.123 e. The molecule has 0 saturated carbocycles. The first kappa shape index (κ1) is 10.2. The summed E-state index contributed by atoms with van der Waals surface area (Å²) in [6.07, 6.45) is -0.303. The maximum atomic E-state index is 12.5. The molecule has 1 nitrogen and oxygen atoms in total. The number of aliphatic hydroxyl groups excluding tert-OH is 1. The molecule has 13 heavy (non-hydrogen) atoms. The van der Waals surface area contributed by atoms with E-state index in [4.69, 9.17) is 0 Å². The topological polar surface area (TPSA) is 20.2 Å². The molecule has 0 aliphatic rings. The van der Waals surface area contributed by atoms with Crippen LogP contribution in [0.25, 0.3) is 0 Å². The Balaban J connectivity index is 2.69. The molecule has 0 aliphatic heterocycles. The molecule has 3 heteroatoms. The van der Waals surface area contributed by atoms with Gasteiger partial charge in [0.2, 0.25) is 0 Å². The molecule has 68 valence electrons. The highest BCUT2D eigenvalue weighted by Crippen LogP contribution is 2.15. The van der Waals surface area contributed by atoms with E-state index in [1.165, 1.54) is 12.1 Å². The molecule has 0 heterocycles. The Hall–Kier alpha value is -0.850. The average molecular weight is 243 g/mol. The quantitative estimate of drug-likeness (QED) is 0.791. The summed E-state index contributed by atoms with van der Waals surface area (Å²) < 4.78 is 12.5. The third-order valence-corrected chi connectivity index (χ3v) is 1.90. The second kappa shape index (κ2) is 5.00. The van der Waals surface area contributed by atoms with Crippen molar-refractivity contribution >= 4 is 15.9 Å². The van der Waals surface area contributed by atoms with Crippen molar-refractivity contribution in [1.29, 1.82) is 0 Å². The summed E-state index contributed by atoms with van der Waals surface area (Å²) in [5.74, 6) is 2.38. The van der Waals surface area contributed by atoms with Crippen LogP contribution in [0, 0.1) is 16.6 Å². The molecule has 0 bridgehead atoms. The van der Waals surface area contributed by atoms with Gasteiger partial charge in [0, 0.05) is 22.4 Å². The van der Waals surface area contributed by atoms with Crippen molar-refractivity contribution in [3.05, 3.63) is 35.6 Å². The first-order chi connectivity index (χ1) is 6.24. The van der Waals surface area contributed by atoms with Crippen LogP contribution in [0.4, 0.5) is 4.39 Å². The van der Waals surface area contributed by atoms with Crippen LogP contribution < -0.4 is 0 Å². The number of halogens is 2. The van der Waals surface area contributed by atoms with Crippen LogP contribution in [0.1, 0.15) is 18.1 Å². The van der Waals surface area contributed by atoms with Gasteiger partial charge in [-0.1, -0.05) is 18.1 Å². The summed E-state index contributed by atoms with van der Waals surface area (Å²) in [6.45, 7) is 0. The summed E-state index contributed by atoms with van der Waals surface area (Å²) in [7, 11) is 0. The van der Waals surface area contributed by atoms with Crippen molar-refractivity contribution in [2.45, 2.75) is 12.5 Å². The van der Waals surface area contributed by atoms with Gasteiger partial charge in [-0.15, -0.1) is 0 Å². The smallest absolute Gasteiger partial charge is 0.123 e. The first-order valence-corrected chi connectivity index (χ1v) is 4.55. The maximum absolute atomic E-state index is 12.5. The molecule has 0 saturated heterocycles. The fourth-order valence-electron chi connectivity index (χ4n) is 0.938. The highest BCUT2D eigenvalue weighted by molar-refractivity contribution is 9.12. The Labute approximate surface area is 84.7 Å². The Morgan fingerprint density at radius 1 is 1.38 bits per heavy atom. The van der Waals surface area contributed by atoms with Crippen LogP contribution in [0.5, 0.6) is 0 Å². The van der Waals surface area contributed by atoms with Crippen LogP contribution >= 0.6 is 15.9 Å². The fourth-order valence-corrected chi connectivity index (χ4v) is 1.10. The average Bonchev–Trinajstić information content (AvgIpc) is 2.15. The van der Waals surface area contributed by atoms with Gasteiger partial charge in [-0.3, -0.25) is 0 Å². The van der Waals surface area contributed by atoms with Crippen molar-refractivity contribution in [2.75, 3.05) is 0 Å². The molecule has 1 unspecified atom stereocenters. The second-order valence-electron chi connectivity index (χ2n) is 2.54. The lowest BCUT2D eigenvalue weighted by Gasteiger charge is -2.06. The molecule has 0 aliphatic carbocycles. The van der Waals surface area contributed by atoms with Crippen LogP contribution in [0.3, 0.4) is 0 Å². The van der Waals surface area contributed by atoms with Gasteiger partial charge in [-0.2, -0.15) is 0 Å². The molecule has 1 aromatic carbocycles. The minimum atomic E-state index is -0.648.